The molecule has 11 heteroatoms. The van der Waals surface area contributed by atoms with Crippen LogP contribution >= 0.6 is 0 Å². The minimum absolute atomic E-state index is 0.0262. The maximum Gasteiger partial charge on any atom is 0.335 e. The first-order valence-corrected chi connectivity index (χ1v) is 11.2. The number of sulfonamides is 1. The van der Waals surface area contributed by atoms with Gasteiger partial charge in [-0.25, -0.2) is 17.9 Å². The Hall–Kier alpha value is -3.57. The topological polar surface area (TPSA) is 150 Å². The summed E-state index contributed by atoms with van der Waals surface area (Å²) in [7, 11) is -3.89. The van der Waals surface area contributed by atoms with Crippen LogP contribution in [0.5, 0.6) is 0 Å². The third-order valence-electron chi connectivity index (χ3n) is 5.47. The summed E-state index contributed by atoms with van der Waals surface area (Å²) in [5.41, 5.74) is 1.63. The number of carbonyl (C=O) groups excluding carboxylic acids is 3. The van der Waals surface area contributed by atoms with E-state index < -0.39 is 27.9 Å². The van der Waals surface area contributed by atoms with Gasteiger partial charge < -0.3 is 10.0 Å². The Kier molecular flexibility index (Phi) is 5.53. The molecule has 2 heterocycles. The van der Waals surface area contributed by atoms with E-state index in [2.05, 4.69) is 10.0 Å². The van der Waals surface area contributed by atoms with Gasteiger partial charge >= 0.3 is 5.97 Å². The number of carboxylic acid groups (broad SMARTS) is 1. The van der Waals surface area contributed by atoms with Crippen molar-refractivity contribution in [1.29, 1.82) is 0 Å². The van der Waals surface area contributed by atoms with Crippen LogP contribution in [-0.2, 0) is 32.7 Å². The van der Waals surface area contributed by atoms with Gasteiger partial charge in [-0.05, 0) is 47.9 Å². The van der Waals surface area contributed by atoms with Crippen LogP contribution < -0.4 is 10.0 Å². The lowest BCUT2D eigenvalue weighted by Crippen LogP contribution is -2.52. The van der Waals surface area contributed by atoms with Gasteiger partial charge in [0.2, 0.25) is 21.8 Å². The van der Waals surface area contributed by atoms with Crippen molar-refractivity contribution in [2.75, 3.05) is 0 Å². The van der Waals surface area contributed by atoms with Gasteiger partial charge in [0.15, 0.2) is 0 Å². The highest BCUT2D eigenvalue weighted by molar-refractivity contribution is 7.89. The molecular formula is C21H19N3O7S. The molecule has 1 unspecified atom stereocenters. The Morgan fingerprint density at radius 1 is 1.12 bits per heavy atom. The smallest absolute Gasteiger partial charge is 0.335 e. The summed E-state index contributed by atoms with van der Waals surface area (Å²) in [6.07, 6.45) is 0.425. The zero-order valence-corrected chi connectivity index (χ0v) is 17.5. The number of amides is 3. The molecule has 4 rings (SSSR count). The van der Waals surface area contributed by atoms with Crippen molar-refractivity contribution in [1.82, 2.24) is 14.9 Å². The minimum atomic E-state index is -3.89. The third-order valence-corrected chi connectivity index (χ3v) is 6.89. The fraction of sp³-hybridized carbons (Fsp3) is 0.238. The van der Waals surface area contributed by atoms with Gasteiger partial charge in [0.1, 0.15) is 6.04 Å². The molecule has 166 valence electrons. The van der Waals surface area contributed by atoms with Gasteiger partial charge in [0.25, 0.3) is 5.91 Å². The summed E-state index contributed by atoms with van der Waals surface area (Å²) in [5.74, 6) is -2.36. The van der Waals surface area contributed by atoms with Crippen LogP contribution in [0, 0.1) is 0 Å². The molecule has 3 N–H and O–H groups in total. The van der Waals surface area contributed by atoms with Crippen LogP contribution in [0.2, 0.25) is 0 Å². The first kappa shape index (κ1) is 21.7. The Morgan fingerprint density at radius 3 is 2.50 bits per heavy atom. The van der Waals surface area contributed by atoms with Crippen molar-refractivity contribution in [2.24, 2.45) is 0 Å². The van der Waals surface area contributed by atoms with Gasteiger partial charge in [-0.1, -0.05) is 12.1 Å². The monoisotopic (exact) mass is 457 g/mol. The van der Waals surface area contributed by atoms with Gasteiger partial charge in [0.05, 0.1) is 10.5 Å². The van der Waals surface area contributed by atoms with Crippen molar-refractivity contribution in [3.63, 3.8) is 0 Å². The summed E-state index contributed by atoms with van der Waals surface area (Å²) in [5, 5.41) is 11.2. The van der Waals surface area contributed by atoms with E-state index in [0.29, 0.717) is 11.1 Å². The summed E-state index contributed by atoms with van der Waals surface area (Å²) in [4.78, 5) is 48.6. The van der Waals surface area contributed by atoms with E-state index >= 15 is 0 Å². The zero-order valence-electron chi connectivity index (χ0n) is 16.7. The maximum absolute atomic E-state index is 12.9. The number of carboxylic acids is 1. The SMILES string of the molecule is O=C1CCC(N2Cc3ccc(CNS(=O)(=O)c4ccc(C(=O)O)cc4)cc3C2=O)C(=O)N1. The quantitative estimate of drug-likeness (QED) is 0.538. The van der Waals surface area contributed by atoms with Crippen LogP contribution in [0.4, 0.5) is 0 Å². The van der Waals surface area contributed by atoms with E-state index in [-0.39, 0.29) is 48.2 Å². The average Bonchev–Trinajstić information content (AvgIpc) is 3.08. The second-order valence-electron chi connectivity index (χ2n) is 7.55. The van der Waals surface area contributed by atoms with Crippen molar-refractivity contribution in [2.45, 2.75) is 36.9 Å². The number of hydrogen-bond donors (Lipinski definition) is 3. The number of rotatable bonds is 6. The predicted octanol–water partition coefficient (Wildman–Crippen LogP) is 0.624. The van der Waals surface area contributed by atoms with Gasteiger partial charge in [-0.3, -0.25) is 19.7 Å². The number of carbonyl (C=O) groups is 4. The lowest BCUT2D eigenvalue weighted by molar-refractivity contribution is -0.136. The maximum atomic E-state index is 12.9. The van der Waals surface area contributed by atoms with Crippen LogP contribution in [0.1, 0.15) is 44.7 Å². The van der Waals surface area contributed by atoms with Crippen LogP contribution in [0.15, 0.2) is 47.4 Å². The molecule has 1 atom stereocenters. The number of hydrogen-bond acceptors (Lipinski definition) is 6. The van der Waals surface area contributed by atoms with E-state index in [0.717, 1.165) is 5.56 Å². The van der Waals surface area contributed by atoms with Gasteiger partial charge in [-0.15, -0.1) is 0 Å². The van der Waals surface area contributed by atoms with Crippen LogP contribution in [0.3, 0.4) is 0 Å². The van der Waals surface area contributed by atoms with E-state index in [1.165, 1.54) is 29.2 Å². The fourth-order valence-electron chi connectivity index (χ4n) is 3.75. The van der Waals surface area contributed by atoms with E-state index in [1.807, 2.05) is 0 Å². The van der Waals surface area contributed by atoms with Crippen molar-refractivity contribution < 1.29 is 32.7 Å². The largest absolute Gasteiger partial charge is 0.478 e. The van der Waals surface area contributed by atoms with E-state index in [4.69, 9.17) is 5.11 Å². The zero-order chi connectivity index (χ0) is 23.0. The van der Waals surface area contributed by atoms with Crippen LogP contribution in [-0.4, -0.2) is 48.2 Å². The Bertz CT molecular complexity index is 1240. The molecule has 32 heavy (non-hydrogen) atoms. The molecule has 10 nitrogen and oxygen atoms in total. The lowest BCUT2D eigenvalue weighted by atomic mass is 10.0. The Labute approximate surface area is 183 Å². The van der Waals surface area contributed by atoms with Crippen molar-refractivity contribution in [3.05, 3.63) is 64.7 Å². The normalized spacial score (nSPS) is 18.4. The van der Waals surface area contributed by atoms with Crippen LogP contribution in [0.25, 0.3) is 0 Å². The molecular weight excluding hydrogens is 438 g/mol. The molecule has 2 aliphatic heterocycles. The second kappa shape index (κ2) is 8.17. The third kappa shape index (κ3) is 4.12. The summed E-state index contributed by atoms with van der Waals surface area (Å²) >= 11 is 0. The number of nitrogens with one attached hydrogen (secondary N) is 2. The summed E-state index contributed by atoms with van der Waals surface area (Å²) < 4.78 is 27.4. The Balaban J connectivity index is 1.46. The first-order valence-electron chi connectivity index (χ1n) is 9.75. The molecule has 1 fully saturated rings. The number of piperidine rings is 1. The van der Waals surface area contributed by atoms with Crippen molar-refractivity contribution in [3.8, 4) is 0 Å². The molecule has 0 aliphatic carbocycles. The minimum Gasteiger partial charge on any atom is -0.478 e. The van der Waals surface area contributed by atoms with Crippen molar-refractivity contribution >= 4 is 33.7 Å². The summed E-state index contributed by atoms with van der Waals surface area (Å²) in [6.45, 7) is 0.157. The lowest BCUT2D eigenvalue weighted by Gasteiger charge is -2.29. The van der Waals surface area contributed by atoms with Gasteiger partial charge in [0, 0.05) is 25.1 Å². The molecule has 0 saturated carbocycles. The predicted molar refractivity (Wildman–Crippen MR) is 110 cm³/mol. The highest BCUT2D eigenvalue weighted by Crippen LogP contribution is 2.28. The molecule has 0 bridgehead atoms. The number of aromatic carboxylic acids is 1. The highest BCUT2D eigenvalue weighted by Gasteiger charge is 2.39. The molecule has 0 radical (unpaired) electrons. The molecule has 1 saturated heterocycles. The standard InChI is InChI=1S/C21H19N3O7S/c25-18-8-7-17(19(26)23-18)24-11-14-2-1-12(9-16(14)20(24)27)10-22-32(30,31)15-5-3-13(4-6-15)21(28)29/h1-6,9,17,22H,7-8,10-11H2,(H,28,29)(H,23,25,26). The molecule has 2 aliphatic rings. The molecule has 0 aromatic heterocycles. The number of fused-ring (bicyclic) bond motifs is 1. The second-order valence-corrected chi connectivity index (χ2v) is 9.31. The first-order chi connectivity index (χ1) is 15.2. The number of benzene rings is 2. The molecule has 2 aromatic carbocycles. The van der Waals surface area contributed by atoms with E-state index in [9.17, 15) is 27.6 Å². The number of imide groups is 1. The molecule has 0 spiro atoms. The number of nitrogens with zero attached hydrogens (tertiary/aromatic N) is 1. The summed E-state index contributed by atoms with van der Waals surface area (Å²) in [6, 6.07) is 9.08. The van der Waals surface area contributed by atoms with Gasteiger partial charge in [-0.2, -0.15) is 0 Å². The van der Waals surface area contributed by atoms with E-state index in [1.54, 1.807) is 18.2 Å². The fourth-order valence-corrected chi connectivity index (χ4v) is 4.77. The average molecular weight is 457 g/mol. The molecule has 2 aromatic rings. The Morgan fingerprint density at radius 2 is 1.84 bits per heavy atom. The molecule has 3 amide bonds. The highest BCUT2D eigenvalue weighted by atomic mass is 32.2.